The van der Waals surface area contributed by atoms with Crippen molar-refractivity contribution in [3.8, 4) is 10.4 Å². The molecule has 2 aromatic heterocycles. The van der Waals surface area contributed by atoms with E-state index in [-0.39, 0.29) is 12.0 Å². The minimum Gasteiger partial charge on any atom is -0.550 e. The number of carboxylic acid groups (broad SMARTS) is 1. The fourth-order valence-electron chi connectivity index (χ4n) is 2.94. The van der Waals surface area contributed by atoms with Gasteiger partial charge in [-0.1, -0.05) is 18.2 Å². The molecule has 0 fully saturated rings. The van der Waals surface area contributed by atoms with Crippen LogP contribution in [0.4, 0.5) is 5.00 Å². The number of amides is 1. The number of rotatable bonds is 5. The van der Waals surface area contributed by atoms with Crippen molar-refractivity contribution in [1.82, 2.24) is 0 Å². The Morgan fingerprint density at radius 1 is 1.19 bits per heavy atom. The number of ether oxygens (including phenoxy) is 1. The molecule has 0 aromatic carbocycles. The third-order valence-electron chi connectivity index (χ3n) is 4.28. The van der Waals surface area contributed by atoms with Gasteiger partial charge in [-0.3, -0.25) is 4.79 Å². The lowest BCUT2D eigenvalue weighted by Gasteiger charge is -2.28. The highest BCUT2D eigenvalue weighted by atomic mass is 32.1. The molecule has 0 saturated heterocycles. The van der Waals surface area contributed by atoms with Crippen LogP contribution >= 0.6 is 22.7 Å². The van der Waals surface area contributed by atoms with Crippen molar-refractivity contribution in [3.05, 3.63) is 40.6 Å². The summed E-state index contributed by atoms with van der Waals surface area (Å²) in [6.07, 6.45) is 4.11. The molecule has 1 N–H and O–H groups in total. The van der Waals surface area contributed by atoms with E-state index in [0.29, 0.717) is 17.0 Å². The number of hydrogen-bond donors (Lipinski definition) is 1. The first-order chi connectivity index (χ1) is 12.5. The molecule has 0 unspecified atom stereocenters. The number of allylic oxidation sites excluding steroid dienone is 2. The minimum absolute atomic E-state index is 0.259. The lowest BCUT2D eigenvalue weighted by molar-refractivity contribution is -0.313. The van der Waals surface area contributed by atoms with E-state index in [0.717, 1.165) is 4.88 Å². The van der Waals surface area contributed by atoms with Crippen LogP contribution in [-0.2, 0) is 14.3 Å². The van der Waals surface area contributed by atoms with E-state index in [2.05, 4.69) is 5.32 Å². The average Bonchev–Trinajstić information content (AvgIpc) is 3.30. The third kappa shape index (κ3) is 3.56. The number of methoxy groups -OCH3 is 1. The molecule has 2 aromatic rings. The normalized spacial score (nSPS) is 19.1. The molecule has 26 heavy (non-hydrogen) atoms. The van der Waals surface area contributed by atoms with E-state index < -0.39 is 29.7 Å². The molecule has 136 valence electrons. The molecule has 0 bridgehead atoms. The summed E-state index contributed by atoms with van der Waals surface area (Å²) in [6.45, 7) is 0. The number of hydrogen-bond acceptors (Lipinski definition) is 7. The van der Waals surface area contributed by atoms with Crippen LogP contribution in [0.3, 0.4) is 0 Å². The van der Waals surface area contributed by atoms with Crippen LogP contribution in [0.15, 0.2) is 35.0 Å². The van der Waals surface area contributed by atoms with Crippen LogP contribution < -0.4 is 10.4 Å². The van der Waals surface area contributed by atoms with E-state index in [1.807, 2.05) is 17.5 Å². The largest absolute Gasteiger partial charge is 0.550 e. The van der Waals surface area contributed by atoms with Gasteiger partial charge in [-0.05, 0) is 24.3 Å². The molecule has 0 spiro atoms. The Kier molecular flexibility index (Phi) is 5.53. The first-order valence-corrected chi connectivity index (χ1v) is 9.69. The summed E-state index contributed by atoms with van der Waals surface area (Å²) in [5.41, 5.74) is 0.969. The maximum atomic E-state index is 12.7. The molecule has 3 rings (SSSR count). The number of anilines is 1. The lowest BCUT2D eigenvalue weighted by atomic mass is 9.82. The molecule has 0 radical (unpaired) electrons. The Morgan fingerprint density at radius 3 is 2.54 bits per heavy atom. The lowest BCUT2D eigenvalue weighted by Crippen LogP contribution is -2.41. The smallest absolute Gasteiger partial charge is 0.341 e. The fourth-order valence-corrected chi connectivity index (χ4v) is 4.71. The number of aliphatic carboxylic acids is 1. The quantitative estimate of drug-likeness (QED) is 0.625. The first-order valence-electron chi connectivity index (χ1n) is 7.93. The topological polar surface area (TPSA) is 95.5 Å². The molecule has 2 atom stereocenters. The first kappa shape index (κ1) is 18.3. The zero-order chi connectivity index (χ0) is 18.7. The second kappa shape index (κ2) is 7.84. The summed E-state index contributed by atoms with van der Waals surface area (Å²) in [4.78, 5) is 37.1. The predicted molar refractivity (Wildman–Crippen MR) is 98.0 cm³/mol. The van der Waals surface area contributed by atoms with Crippen LogP contribution in [0.5, 0.6) is 0 Å². The molecular weight excluding hydrogens is 374 g/mol. The number of carbonyl (C=O) groups is 3. The van der Waals surface area contributed by atoms with Crippen molar-refractivity contribution < 1.29 is 24.2 Å². The van der Waals surface area contributed by atoms with Crippen molar-refractivity contribution in [1.29, 1.82) is 0 Å². The number of thiophene rings is 2. The van der Waals surface area contributed by atoms with Gasteiger partial charge in [0.25, 0.3) is 0 Å². The monoisotopic (exact) mass is 390 g/mol. The molecule has 2 heterocycles. The van der Waals surface area contributed by atoms with Crippen molar-refractivity contribution in [3.63, 3.8) is 0 Å². The van der Waals surface area contributed by atoms with Crippen molar-refractivity contribution in [2.24, 2.45) is 11.8 Å². The molecule has 6 nitrogen and oxygen atoms in total. The SMILES string of the molecule is COC(=O)c1c(-c2cccs2)csc1NC(=O)[C@@H]1CC=CC[C@@H]1C(=O)[O-]. The van der Waals surface area contributed by atoms with E-state index in [1.54, 1.807) is 17.5 Å². The van der Waals surface area contributed by atoms with E-state index in [9.17, 15) is 19.5 Å². The van der Waals surface area contributed by atoms with Gasteiger partial charge in [0.2, 0.25) is 5.91 Å². The maximum Gasteiger partial charge on any atom is 0.341 e. The Morgan fingerprint density at radius 2 is 1.92 bits per heavy atom. The van der Waals surface area contributed by atoms with E-state index >= 15 is 0 Å². The molecule has 1 aliphatic rings. The van der Waals surface area contributed by atoms with Crippen LogP contribution in [0.2, 0.25) is 0 Å². The zero-order valence-corrected chi connectivity index (χ0v) is 15.5. The Labute approximate surface area is 158 Å². The fraction of sp³-hybridized carbons (Fsp3) is 0.278. The van der Waals surface area contributed by atoms with E-state index in [4.69, 9.17) is 4.74 Å². The second-order valence-corrected chi connectivity index (χ2v) is 7.61. The molecule has 0 saturated carbocycles. The molecule has 1 aliphatic carbocycles. The summed E-state index contributed by atoms with van der Waals surface area (Å²) < 4.78 is 4.87. The van der Waals surface area contributed by atoms with Crippen molar-refractivity contribution >= 4 is 45.5 Å². The van der Waals surface area contributed by atoms with Gasteiger partial charge >= 0.3 is 5.97 Å². The highest BCUT2D eigenvalue weighted by Crippen LogP contribution is 2.39. The highest BCUT2D eigenvalue weighted by Gasteiger charge is 2.31. The summed E-state index contributed by atoms with van der Waals surface area (Å²) in [5.74, 6) is -3.84. The van der Waals surface area contributed by atoms with Crippen LogP contribution in [-0.4, -0.2) is 25.0 Å². The Hall–Kier alpha value is -2.45. The molecule has 1 amide bonds. The summed E-state index contributed by atoms with van der Waals surface area (Å²) >= 11 is 2.69. The standard InChI is InChI=1S/C18H17NO5S2/c1-24-18(23)14-12(13-7-4-8-25-13)9-26-16(14)19-15(20)10-5-2-3-6-11(10)17(21)22/h2-4,7-11H,5-6H2,1H3,(H,19,20)(H,21,22)/p-1/t10-,11+/m1/s1. The Bertz CT molecular complexity index is 853. The van der Waals surface area contributed by atoms with Gasteiger partial charge in [-0.15, -0.1) is 22.7 Å². The minimum atomic E-state index is -1.24. The maximum absolute atomic E-state index is 12.7. The number of nitrogens with one attached hydrogen (secondary N) is 1. The van der Waals surface area contributed by atoms with Gasteiger partial charge in [0.05, 0.1) is 13.0 Å². The summed E-state index contributed by atoms with van der Waals surface area (Å²) in [5, 5.41) is 18.1. The van der Waals surface area contributed by atoms with E-state index in [1.165, 1.54) is 29.8 Å². The summed E-state index contributed by atoms with van der Waals surface area (Å²) in [7, 11) is 1.28. The van der Waals surface area contributed by atoms with Crippen LogP contribution in [0, 0.1) is 11.8 Å². The molecule has 0 aliphatic heterocycles. The second-order valence-electron chi connectivity index (χ2n) is 5.79. The number of carbonyl (C=O) groups excluding carboxylic acids is 3. The van der Waals surface area contributed by atoms with Gasteiger partial charge in [0.15, 0.2) is 0 Å². The molecular formula is C18H16NO5S2-. The van der Waals surface area contributed by atoms with Gasteiger partial charge in [0, 0.05) is 27.7 Å². The Balaban J connectivity index is 1.90. The van der Waals surface area contributed by atoms with Gasteiger partial charge in [-0.2, -0.15) is 0 Å². The predicted octanol–water partition coefficient (Wildman–Crippen LogP) is 2.53. The highest BCUT2D eigenvalue weighted by molar-refractivity contribution is 7.17. The van der Waals surface area contributed by atoms with Gasteiger partial charge < -0.3 is 20.0 Å². The average molecular weight is 390 g/mol. The zero-order valence-electron chi connectivity index (χ0n) is 13.9. The summed E-state index contributed by atoms with van der Waals surface area (Å²) in [6, 6.07) is 3.75. The van der Waals surface area contributed by atoms with Crippen LogP contribution in [0.1, 0.15) is 23.2 Å². The third-order valence-corrected chi connectivity index (χ3v) is 6.07. The van der Waals surface area contributed by atoms with Gasteiger partial charge in [-0.25, -0.2) is 4.79 Å². The van der Waals surface area contributed by atoms with Crippen LogP contribution in [0.25, 0.3) is 10.4 Å². The number of carboxylic acids is 1. The molecule has 8 heteroatoms. The van der Waals surface area contributed by atoms with Crippen molar-refractivity contribution in [2.45, 2.75) is 12.8 Å². The van der Waals surface area contributed by atoms with Crippen molar-refractivity contribution in [2.75, 3.05) is 12.4 Å². The number of esters is 1. The van der Waals surface area contributed by atoms with Gasteiger partial charge in [0.1, 0.15) is 10.6 Å².